The van der Waals surface area contributed by atoms with E-state index in [1.54, 1.807) is 0 Å². The maximum absolute atomic E-state index is 12.8. The number of aliphatic hydroxyl groups is 1. The average Bonchev–Trinajstić information content (AvgIpc) is 3.19. The summed E-state index contributed by atoms with van der Waals surface area (Å²) in [6.07, 6.45) is 0.884. The van der Waals surface area contributed by atoms with Gasteiger partial charge in [-0.2, -0.15) is 0 Å². The van der Waals surface area contributed by atoms with Gasteiger partial charge in [-0.15, -0.1) is 5.10 Å². The SMILES string of the molecule is CCC(C)(C)n1nnnc1C(C(C)C)[NH+](CCO)Cc1cc2cc(C)ccc2[nH]c1=O. The highest BCUT2D eigenvalue weighted by Crippen LogP contribution is 2.24. The minimum absolute atomic E-state index is 0.0158. The second-order valence-electron chi connectivity index (χ2n) is 9.36. The smallest absolute Gasteiger partial charge is 0.257 e. The van der Waals surface area contributed by atoms with Crippen molar-refractivity contribution in [1.29, 1.82) is 0 Å². The maximum atomic E-state index is 12.8. The van der Waals surface area contributed by atoms with Gasteiger partial charge in [0.15, 0.2) is 6.04 Å². The first-order valence-electron chi connectivity index (χ1n) is 11.0. The number of H-pyrrole nitrogens is 1. The van der Waals surface area contributed by atoms with Gasteiger partial charge >= 0.3 is 0 Å². The van der Waals surface area contributed by atoms with E-state index in [-0.39, 0.29) is 29.7 Å². The Balaban J connectivity index is 2.04. The van der Waals surface area contributed by atoms with Crippen molar-refractivity contribution in [2.45, 2.75) is 66.1 Å². The number of aryl methyl sites for hydroxylation is 1. The van der Waals surface area contributed by atoms with Crippen LogP contribution in [0.15, 0.2) is 29.1 Å². The van der Waals surface area contributed by atoms with Crippen LogP contribution in [0.5, 0.6) is 0 Å². The van der Waals surface area contributed by atoms with Gasteiger partial charge < -0.3 is 15.0 Å². The predicted octanol–water partition coefficient (Wildman–Crippen LogP) is 1.74. The van der Waals surface area contributed by atoms with Crippen molar-refractivity contribution < 1.29 is 10.0 Å². The molecule has 8 heteroatoms. The van der Waals surface area contributed by atoms with E-state index in [4.69, 9.17) is 0 Å². The number of hydrogen-bond acceptors (Lipinski definition) is 5. The number of quaternary nitrogens is 1. The van der Waals surface area contributed by atoms with E-state index in [0.29, 0.717) is 18.7 Å². The summed E-state index contributed by atoms with van der Waals surface area (Å²) >= 11 is 0. The van der Waals surface area contributed by atoms with Crippen LogP contribution in [-0.4, -0.2) is 43.4 Å². The van der Waals surface area contributed by atoms with Crippen LogP contribution in [0.1, 0.15) is 64.0 Å². The lowest BCUT2D eigenvalue weighted by Crippen LogP contribution is -3.12. The Morgan fingerprint density at radius 3 is 2.65 bits per heavy atom. The number of hydrogen-bond donors (Lipinski definition) is 3. The van der Waals surface area contributed by atoms with Gasteiger partial charge in [-0.3, -0.25) is 4.79 Å². The normalized spacial score (nSPS) is 14.3. The van der Waals surface area contributed by atoms with Gasteiger partial charge in [0.1, 0.15) is 13.1 Å². The van der Waals surface area contributed by atoms with Crippen molar-refractivity contribution in [3.8, 4) is 0 Å². The molecular weight excluding hydrogens is 392 g/mol. The number of aromatic amines is 1. The first kappa shape index (κ1) is 23.1. The van der Waals surface area contributed by atoms with Gasteiger partial charge in [-0.05, 0) is 61.2 Å². The van der Waals surface area contributed by atoms with Gasteiger partial charge in [0.25, 0.3) is 5.56 Å². The number of benzene rings is 1. The van der Waals surface area contributed by atoms with Gasteiger partial charge in [-0.1, -0.05) is 32.4 Å². The minimum atomic E-state index is -0.228. The van der Waals surface area contributed by atoms with E-state index in [9.17, 15) is 9.90 Å². The lowest BCUT2D eigenvalue weighted by molar-refractivity contribution is -0.950. The molecule has 0 bridgehead atoms. The fourth-order valence-corrected chi connectivity index (χ4v) is 4.17. The highest BCUT2D eigenvalue weighted by atomic mass is 16.3. The molecule has 3 aromatic rings. The molecule has 1 aromatic carbocycles. The summed E-state index contributed by atoms with van der Waals surface area (Å²) in [5.41, 5.74) is 2.35. The molecule has 168 valence electrons. The highest BCUT2D eigenvalue weighted by Gasteiger charge is 2.36. The second kappa shape index (κ2) is 9.28. The maximum Gasteiger partial charge on any atom is 0.257 e. The monoisotopic (exact) mass is 427 g/mol. The number of pyridine rings is 1. The molecule has 2 heterocycles. The molecule has 0 spiro atoms. The van der Waals surface area contributed by atoms with Crippen LogP contribution in [0, 0.1) is 12.8 Å². The van der Waals surface area contributed by atoms with Crippen LogP contribution in [0.25, 0.3) is 10.9 Å². The van der Waals surface area contributed by atoms with E-state index in [0.717, 1.165) is 33.6 Å². The topological polar surface area (TPSA) is 101 Å². The predicted molar refractivity (Wildman–Crippen MR) is 121 cm³/mol. The largest absolute Gasteiger partial charge is 0.391 e. The third-order valence-corrected chi connectivity index (χ3v) is 6.24. The second-order valence-corrected chi connectivity index (χ2v) is 9.36. The Labute approximate surface area is 183 Å². The fourth-order valence-electron chi connectivity index (χ4n) is 4.17. The van der Waals surface area contributed by atoms with Crippen LogP contribution in [0.2, 0.25) is 0 Å². The molecule has 2 unspecified atom stereocenters. The summed E-state index contributed by atoms with van der Waals surface area (Å²) in [6, 6.07) is 7.90. The zero-order valence-electron chi connectivity index (χ0n) is 19.4. The number of aliphatic hydroxyl groups excluding tert-OH is 1. The third kappa shape index (κ3) is 4.85. The Kier molecular flexibility index (Phi) is 6.91. The Morgan fingerprint density at radius 2 is 2.00 bits per heavy atom. The van der Waals surface area contributed by atoms with Crippen molar-refractivity contribution in [2.24, 2.45) is 5.92 Å². The van der Waals surface area contributed by atoms with Gasteiger partial charge in [0.05, 0.1) is 17.7 Å². The third-order valence-electron chi connectivity index (χ3n) is 6.24. The molecule has 0 saturated carbocycles. The lowest BCUT2D eigenvalue weighted by atomic mass is 9.97. The molecule has 2 aromatic heterocycles. The van der Waals surface area contributed by atoms with Crippen molar-refractivity contribution >= 4 is 10.9 Å². The van der Waals surface area contributed by atoms with Crippen molar-refractivity contribution in [1.82, 2.24) is 25.2 Å². The van der Waals surface area contributed by atoms with E-state index in [2.05, 4.69) is 61.2 Å². The molecule has 3 N–H and O–H groups in total. The summed E-state index contributed by atoms with van der Waals surface area (Å²) in [6.45, 7) is 13.6. The number of fused-ring (bicyclic) bond motifs is 1. The van der Waals surface area contributed by atoms with Crippen LogP contribution in [0.4, 0.5) is 0 Å². The standard InChI is InChI=1S/C23H34N6O2/c1-7-23(5,6)29-21(25-26-27-29)20(15(2)3)28(10-11-30)14-18-13-17-12-16(4)8-9-19(17)24-22(18)31/h8-9,12-13,15,20,30H,7,10-11,14H2,1-6H3,(H,24,31)/p+1. The number of tetrazole rings is 1. The summed E-state index contributed by atoms with van der Waals surface area (Å²) in [5, 5.41) is 23.5. The molecule has 0 amide bonds. The first-order chi connectivity index (χ1) is 14.7. The molecule has 0 aliphatic carbocycles. The molecule has 8 nitrogen and oxygen atoms in total. The molecule has 3 rings (SSSR count). The molecule has 0 aliphatic rings. The summed E-state index contributed by atoms with van der Waals surface area (Å²) < 4.78 is 1.91. The van der Waals surface area contributed by atoms with Gasteiger partial charge in [0.2, 0.25) is 5.82 Å². The first-order valence-corrected chi connectivity index (χ1v) is 11.0. The minimum Gasteiger partial charge on any atom is -0.391 e. The van der Waals surface area contributed by atoms with Crippen molar-refractivity contribution in [3.05, 3.63) is 51.6 Å². The Morgan fingerprint density at radius 1 is 1.26 bits per heavy atom. The Bertz CT molecular complexity index is 1090. The summed E-state index contributed by atoms with van der Waals surface area (Å²) in [5.74, 6) is 0.999. The molecule has 0 aliphatic heterocycles. The number of nitrogens with zero attached hydrogens (tertiary/aromatic N) is 4. The molecule has 0 fully saturated rings. The van der Waals surface area contributed by atoms with Crippen LogP contribution < -0.4 is 10.5 Å². The van der Waals surface area contributed by atoms with Crippen LogP contribution in [0.3, 0.4) is 0 Å². The molecular formula is C23H35N6O2+. The highest BCUT2D eigenvalue weighted by molar-refractivity contribution is 5.79. The molecule has 0 saturated heterocycles. The number of nitrogens with one attached hydrogen (secondary N) is 2. The lowest BCUT2D eigenvalue weighted by Gasteiger charge is -2.32. The summed E-state index contributed by atoms with van der Waals surface area (Å²) in [4.78, 5) is 16.9. The molecule has 0 radical (unpaired) electrons. The zero-order valence-corrected chi connectivity index (χ0v) is 19.4. The number of aromatic nitrogens is 5. The van der Waals surface area contributed by atoms with Gasteiger partial charge in [0, 0.05) is 11.4 Å². The van der Waals surface area contributed by atoms with Crippen LogP contribution in [-0.2, 0) is 12.1 Å². The quantitative estimate of drug-likeness (QED) is 0.483. The fraction of sp³-hybridized carbons (Fsp3) is 0.565. The zero-order chi connectivity index (χ0) is 22.8. The number of rotatable bonds is 9. The average molecular weight is 428 g/mol. The van der Waals surface area contributed by atoms with E-state index < -0.39 is 0 Å². The van der Waals surface area contributed by atoms with Crippen molar-refractivity contribution in [3.63, 3.8) is 0 Å². The Hall–Kier alpha value is -2.58. The summed E-state index contributed by atoms with van der Waals surface area (Å²) in [7, 11) is 0. The van der Waals surface area contributed by atoms with E-state index in [1.807, 2.05) is 29.8 Å². The molecule has 2 atom stereocenters. The van der Waals surface area contributed by atoms with E-state index in [1.165, 1.54) is 0 Å². The van der Waals surface area contributed by atoms with Crippen molar-refractivity contribution in [2.75, 3.05) is 13.2 Å². The van der Waals surface area contributed by atoms with Gasteiger partial charge in [-0.25, -0.2) is 4.68 Å². The van der Waals surface area contributed by atoms with Crippen LogP contribution >= 0.6 is 0 Å². The van der Waals surface area contributed by atoms with E-state index >= 15 is 0 Å². The molecule has 31 heavy (non-hydrogen) atoms.